The van der Waals surface area contributed by atoms with Gasteiger partial charge in [-0.05, 0) is 0 Å². The maximum absolute atomic E-state index is 11.0. The zero-order valence-electron chi connectivity index (χ0n) is 9.11. The minimum atomic E-state index is -1.86. The number of rotatable bonds is 4. The first kappa shape index (κ1) is 14.3. The van der Waals surface area contributed by atoms with Crippen molar-refractivity contribution in [1.82, 2.24) is 4.98 Å². The summed E-state index contributed by atoms with van der Waals surface area (Å²) in [5.41, 5.74) is -0.658. The van der Waals surface area contributed by atoms with Crippen LogP contribution in [0.5, 0.6) is 0 Å². The summed E-state index contributed by atoms with van der Waals surface area (Å²) in [5.74, 6) is -1.07. The van der Waals surface area contributed by atoms with Gasteiger partial charge in [0.05, 0.1) is 12.0 Å². The zero-order chi connectivity index (χ0) is 13.9. The van der Waals surface area contributed by atoms with Gasteiger partial charge in [0.2, 0.25) is 5.15 Å². The Morgan fingerprint density at radius 3 is 2.72 bits per heavy atom. The lowest BCUT2D eigenvalue weighted by Crippen LogP contribution is -2.29. The molecular weight excluding hydrogens is 268 g/mol. The van der Waals surface area contributed by atoms with Gasteiger partial charge in [-0.15, -0.1) is 0 Å². The molecule has 0 spiro atoms. The number of esters is 1. The van der Waals surface area contributed by atoms with Crippen molar-refractivity contribution < 1.29 is 24.7 Å². The van der Waals surface area contributed by atoms with E-state index < -0.39 is 28.8 Å². The minimum absolute atomic E-state index is 0.121. The molecule has 0 fully saturated rings. The van der Waals surface area contributed by atoms with Crippen LogP contribution in [-0.2, 0) is 9.53 Å². The fourth-order valence-corrected chi connectivity index (χ4v) is 1.35. The first-order valence-electron chi connectivity index (χ1n) is 4.62. The number of ether oxygens (including phenoxy) is 1. The average molecular weight is 277 g/mol. The number of aliphatic hydroxyl groups is 2. The number of methoxy groups -OCH3 is 1. The van der Waals surface area contributed by atoms with E-state index in [1.807, 2.05) is 0 Å². The smallest absolute Gasteiger partial charge is 0.337 e. The Labute approximate surface area is 106 Å². The number of carbonyl (C=O) groups is 1. The molecule has 0 aliphatic rings. The molecule has 1 heterocycles. The third-order valence-electron chi connectivity index (χ3n) is 2.12. The number of halogens is 1. The minimum Gasteiger partial charge on any atom is -0.467 e. The van der Waals surface area contributed by atoms with Gasteiger partial charge in [-0.3, -0.25) is 10.1 Å². The highest BCUT2D eigenvalue weighted by Gasteiger charge is 2.28. The Balaban J connectivity index is 3.07. The molecule has 0 aromatic carbocycles. The van der Waals surface area contributed by atoms with Gasteiger partial charge in [0.1, 0.15) is 6.10 Å². The predicted octanol–water partition coefficient (Wildman–Crippen LogP) is 0.210. The third kappa shape index (κ3) is 2.92. The van der Waals surface area contributed by atoms with Crippen molar-refractivity contribution in [3.63, 3.8) is 0 Å². The second-order valence-electron chi connectivity index (χ2n) is 3.25. The lowest BCUT2D eigenvalue weighted by Gasteiger charge is -2.15. The summed E-state index contributed by atoms with van der Waals surface area (Å²) in [6.07, 6.45) is -2.54. The van der Waals surface area contributed by atoms with E-state index in [4.69, 9.17) is 11.6 Å². The predicted molar refractivity (Wildman–Crippen MR) is 58.9 cm³/mol. The van der Waals surface area contributed by atoms with Crippen molar-refractivity contribution in [3.05, 3.63) is 33.1 Å². The standard InChI is InChI=1S/C9H9ClN2O6/c1-18-9(15)7(14)6(13)4-2-5(12(16)17)8(10)11-3-4/h2-3,6-7,13-14H,1H3. The van der Waals surface area contributed by atoms with Crippen molar-refractivity contribution in [2.75, 3.05) is 7.11 Å². The van der Waals surface area contributed by atoms with Gasteiger partial charge in [-0.1, -0.05) is 11.6 Å². The number of aliphatic hydroxyl groups excluding tert-OH is 2. The summed E-state index contributed by atoms with van der Waals surface area (Å²) >= 11 is 5.48. The van der Waals surface area contributed by atoms with E-state index in [0.717, 1.165) is 19.4 Å². The van der Waals surface area contributed by atoms with E-state index >= 15 is 0 Å². The molecule has 18 heavy (non-hydrogen) atoms. The molecule has 0 saturated heterocycles. The van der Waals surface area contributed by atoms with E-state index in [0.29, 0.717) is 0 Å². The van der Waals surface area contributed by atoms with E-state index in [1.54, 1.807) is 0 Å². The number of hydrogen-bond acceptors (Lipinski definition) is 7. The molecule has 2 atom stereocenters. The molecule has 0 radical (unpaired) electrons. The van der Waals surface area contributed by atoms with Crippen LogP contribution >= 0.6 is 11.6 Å². The number of carbonyl (C=O) groups excluding carboxylic acids is 1. The largest absolute Gasteiger partial charge is 0.467 e. The van der Waals surface area contributed by atoms with E-state index in [2.05, 4.69) is 9.72 Å². The highest BCUT2D eigenvalue weighted by Crippen LogP contribution is 2.26. The summed E-state index contributed by atoms with van der Waals surface area (Å²) in [7, 11) is 1.03. The summed E-state index contributed by atoms with van der Waals surface area (Å²) in [6, 6.07) is 0.923. The first-order valence-corrected chi connectivity index (χ1v) is 5.00. The quantitative estimate of drug-likeness (QED) is 0.349. The van der Waals surface area contributed by atoms with Gasteiger partial charge in [-0.25, -0.2) is 9.78 Å². The average Bonchev–Trinajstić information content (AvgIpc) is 2.36. The van der Waals surface area contributed by atoms with Crippen LogP contribution in [0.1, 0.15) is 11.7 Å². The summed E-state index contributed by atoms with van der Waals surface area (Å²) in [6.45, 7) is 0. The molecular formula is C9H9ClN2O6. The fourth-order valence-electron chi connectivity index (χ4n) is 1.17. The summed E-state index contributed by atoms with van der Waals surface area (Å²) in [4.78, 5) is 24.3. The van der Waals surface area contributed by atoms with Crippen molar-refractivity contribution in [2.24, 2.45) is 0 Å². The third-order valence-corrected chi connectivity index (χ3v) is 2.41. The van der Waals surface area contributed by atoms with Gasteiger partial charge < -0.3 is 14.9 Å². The molecule has 1 aromatic rings. The van der Waals surface area contributed by atoms with E-state index in [-0.39, 0.29) is 10.7 Å². The van der Waals surface area contributed by atoms with Crippen LogP contribution in [0.3, 0.4) is 0 Å². The Morgan fingerprint density at radius 2 is 2.22 bits per heavy atom. The van der Waals surface area contributed by atoms with E-state index in [1.165, 1.54) is 0 Å². The van der Waals surface area contributed by atoms with Crippen LogP contribution in [0.25, 0.3) is 0 Å². The molecule has 98 valence electrons. The van der Waals surface area contributed by atoms with Crippen molar-refractivity contribution in [3.8, 4) is 0 Å². The van der Waals surface area contributed by atoms with Gasteiger partial charge >= 0.3 is 11.7 Å². The van der Waals surface area contributed by atoms with Crippen molar-refractivity contribution in [2.45, 2.75) is 12.2 Å². The maximum Gasteiger partial charge on any atom is 0.337 e. The molecule has 1 rings (SSSR count). The monoisotopic (exact) mass is 276 g/mol. The number of hydrogen-bond donors (Lipinski definition) is 2. The number of nitrogens with zero attached hydrogens (tertiary/aromatic N) is 2. The fraction of sp³-hybridized carbons (Fsp3) is 0.333. The number of aromatic nitrogens is 1. The zero-order valence-corrected chi connectivity index (χ0v) is 9.87. The van der Waals surface area contributed by atoms with Crippen LogP contribution < -0.4 is 0 Å². The van der Waals surface area contributed by atoms with Gasteiger partial charge in [0, 0.05) is 17.8 Å². The van der Waals surface area contributed by atoms with Gasteiger partial charge in [0.25, 0.3) is 0 Å². The van der Waals surface area contributed by atoms with E-state index in [9.17, 15) is 25.1 Å². The Bertz CT molecular complexity index is 480. The summed E-state index contributed by atoms with van der Waals surface area (Å²) in [5, 5.41) is 29.3. The Hall–Kier alpha value is -1.77. The highest BCUT2D eigenvalue weighted by atomic mass is 35.5. The second-order valence-corrected chi connectivity index (χ2v) is 3.61. The van der Waals surface area contributed by atoms with Crippen molar-refractivity contribution >= 4 is 23.3 Å². The lowest BCUT2D eigenvalue weighted by molar-refractivity contribution is -0.385. The SMILES string of the molecule is COC(=O)C(O)C(O)c1cnc(Cl)c([N+](=O)[O-])c1. The van der Waals surface area contributed by atoms with Crippen LogP contribution in [0.2, 0.25) is 5.15 Å². The van der Waals surface area contributed by atoms with Gasteiger partial charge in [0.15, 0.2) is 6.10 Å². The Kier molecular flexibility index (Phi) is 4.54. The molecule has 1 aromatic heterocycles. The van der Waals surface area contributed by atoms with Crippen LogP contribution in [0, 0.1) is 10.1 Å². The summed E-state index contributed by atoms with van der Waals surface area (Å²) < 4.78 is 4.23. The van der Waals surface area contributed by atoms with Crippen molar-refractivity contribution in [1.29, 1.82) is 0 Å². The Morgan fingerprint density at radius 1 is 1.61 bits per heavy atom. The van der Waals surface area contributed by atoms with Gasteiger partial charge in [-0.2, -0.15) is 0 Å². The number of nitro groups is 1. The molecule has 0 saturated carbocycles. The normalized spacial score (nSPS) is 13.8. The lowest BCUT2D eigenvalue weighted by atomic mass is 10.1. The molecule has 0 bridgehead atoms. The molecule has 0 amide bonds. The molecule has 2 N–H and O–H groups in total. The van der Waals surface area contributed by atoms with Crippen LogP contribution in [-0.4, -0.2) is 39.3 Å². The molecule has 2 unspecified atom stereocenters. The molecule has 0 aliphatic carbocycles. The highest BCUT2D eigenvalue weighted by molar-refractivity contribution is 6.31. The number of pyridine rings is 1. The maximum atomic E-state index is 11.0. The second kappa shape index (κ2) is 5.71. The molecule has 8 nitrogen and oxygen atoms in total. The first-order chi connectivity index (χ1) is 8.38. The topological polar surface area (TPSA) is 123 Å². The molecule has 0 aliphatic heterocycles. The van der Waals surface area contributed by atoms with Crippen LogP contribution in [0.4, 0.5) is 5.69 Å². The molecule has 9 heteroatoms. The van der Waals surface area contributed by atoms with Crippen LogP contribution in [0.15, 0.2) is 12.3 Å².